The van der Waals surface area contributed by atoms with E-state index in [9.17, 15) is 17.6 Å². The minimum Gasteiger partial charge on any atom is -0.492 e. The van der Waals surface area contributed by atoms with Crippen molar-refractivity contribution in [1.82, 2.24) is 5.32 Å². The van der Waals surface area contributed by atoms with Crippen molar-refractivity contribution >= 4 is 21.6 Å². The number of nitrogens with zero attached hydrogens (tertiary/aromatic N) is 1. The van der Waals surface area contributed by atoms with Crippen LogP contribution in [0, 0.1) is 5.82 Å². The molecule has 0 aliphatic carbocycles. The summed E-state index contributed by atoms with van der Waals surface area (Å²) in [5.74, 6) is -0.252. The van der Waals surface area contributed by atoms with Crippen molar-refractivity contribution in [2.24, 2.45) is 0 Å². The zero-order chi connectivity index (χ0) is 23.4. The van der Waals surface area contributed by atoms with Gasteiger partial charge in [0.25, 0.3) is 10.0 Å². The molecule has 0 fully saturated rings. The van der Waals surface area contributed by atoms with Crippen molar-refractivity contribution in [2.45, 2.75) is 24.7 Å². The lowest BCUT2D eigenvalue weighted by Crippen LogP contribution is -2.43. The van der Waals surface area contributed by atoms with Crippen molar-refractivity contribution < 1.29 is 22.3 Å². The van der Waals surface area contributed by atoms with Gasteiger partial charge in [0, 0.05) is 11.1 Å². The van der Waals surface area contributed by atoms with Gasteiger partial charge < -0.3 is 10.1 Å². The second kappa shape index (κ2) is 9.62. The van der Waals surface area contributed by atoms with Crippen LogP contribution in [0.1, 0.15) is 18.9 Å². The molecule has 3 aromatic rings. The minimum absolute atomic E-state index is 0.0470. The summed E-state index contributed by atoms with van der Waals surface area (Å²) in [6.07, 6.45) is 2.08. The van der Waals surface area contributed by atoms with E-state index in [2.05, 4.69) is 12.2 Å². The third-order valence-corrected chi connectivity index (χ3v) is 7.23. The SMILES string of the molecule is CCCc1ccc(OCCNC(=O)CN2c3ccc(F)cc3-c3ccccc3S2(=O)=O)cc1. The number of rotatable bonds is 8. The Morgan fingerprint density at radius 2 is 1.79 bits per heavy atom. The van der Waals surface area contributed by atoms with Gasteiger partial charge in [-0.05, 0) is 48.4 Å². The lowest BCUT2D eigenvalue weighted by atomic mass is 10.0. The third kappa shape index (κ3) is 4.85. The van der Waals surface area contributed by atoms with E-state index in [4.69, 9.17) is 4.74 Å². The Labute approximate surface area is 193 Å². The average Bonchev–Trinajstić information content (AvgIpc) is 2.81. The predicted molar refractivity (Wildman–Crippen MR) is 125 cm³/mol. The van der Waals surface area contributed by atoms with E-state index in [-0.39, 0.29) is 23.7 Å². The maximum atomic E-state index is 13.9. The standard InChI is InChI=1S/C25H25FN2O4S/c1-2-5-18-8-11-20(12-9-18)32-15-14-27-25(29)17-28-23-13-10-19(26)16-22(23)21-6-3-4-7-24(21)33(28,30)31/h3-4,6-13,16H,2,5,14-15,17H2,1H3,(H,27,29). The molecule has 1 N–H and O–H groups in total. The molecule has 33 heavy (non-hydrogen) atoms. The van der Waals surface area contributed by atoms with Gasteiger partial charge in [-0.25, -0.2) is 12.8 Å². The molecule has 1 heterocycles. The van der Waals surface area contributed by atoms with Gasteiger partial charge >= 0.3 is 0 Å². The molecule has 0 aromatic heterocycles. The summed E-state index contributed by atoms with van der Waals surface area (Å²) in [6.45, 7) is 2.17. The fraction of sp³-hybridized carbons (Fsp3) is 0.240. The molecule has 1 aliphatic heterocycles. The molecule has 1 amide bonds. The number of fused-ring (bicyclic) bond motifs is 3. The van der Waals surface area contributed by atoms with E-state index in [0.29, 0.717) is 16.9 Å². The van der Waals surface area contributed by atoms with Crippen LogP contribution < -0.4 is 14.4 Å². The zero-order valence-electron chi connectivity index (χ0n) is 18.3. The maximum absolute atomic E-state index is 13.9. The van der Waals surface area contributed by atoms with Crippen molar-refractivity contribution in [1.29, 1.82) is 0 Å². The van der Waals surface area contributed by atoms with Gasteiger partial charge in [-0.2, -0.15) is 0 Å². The molecule has 1 aliphatic rings. The number of amides is 1. The topological polar surface area (TPSA) is 75.7 Å². The van der Waals surface area contributed by atoms with Gasteiger partial charge in [-0.15, -0.1) is 0 Å². The molecule has 3 aromatic carbocycles. The first-order valence-electron chi connectivity index (χ1n) is 10.8. The smallest absolute Gasteiger partial charge is 0.265 e. The third-order valence-electron chi connectivity index (χ3n) is 5.41. The fourth-order valence-corrected chi connectivity index (χ4v) is 5.51. The first-order valence-corrected chi connectivity index (χ1v) is 12.2. The monoisotopic (exact) mass is 468 g/mol. The number of hydrogen-bond donors (Lipinski definition) is 1. The van der Waals surface area contributed by atoms with E-state index in [1.807, 2.05) is 24.3 Å². The summed E-state index contributed by atoms with van der Waals surface area (Å²) in [5.41, 5.74) is 2.36. The van der Waals surface area contributed by atoms with Crippen LogP contribution in [0.25, 0.3) is 11.1 Å². The normalized spacial score (nSPS) is 13.7. The van der Waals surface area contributed by atoms with E-state index >= 15 is 0 Å². The highest BCUT2D eigenvalue weighted by molar-refractivity contribution is 7.93. The number of aryl methyl sites for hydroxylation is 1. The van der Waals surface area contributed by atoms with Crippen LogP contribution in [0.15, 0.2) is 71.6 Å². The number of carbonyl (C=O) groups is 1. The van der Waals surface area contributed by atoms with Gasteiger partial charge in [0.15, 0.2) is 0 Å². The quantitative estimate of drug-likeness (QED) is 0.504. The van der Waals surface area contributed by atoms with Gasteiger partial charge in [0.05, 0.1) is 17.1 Å². The number of hydrogen-bond acceptors (Lipinski definition) is 4. The lowest BCUT2D eigenvalue weighted by Gasteiger charge is -2.31. The number of halogens is 1. The van der Waals surface area contributed by atoms with Crippen LogP contribution >= 0.6 is 0 Å². The van der Waals surface area contributed by atoms with E-state index in [1.54, 1.807) is 18.2 Å². The first-order chi connectivity index (χ1) is 15.9. The number of benzene rings is 3. The molecule has 8 heteroatoms. The minimum atomic E-state index is -3.97. The summed E-state index contributed by atoms with van der Waals surface area (Å²) in [4.78, 5) is 12.6. The van der Waals surface area contributed by atoms with Crippen LogP contribution in [-0.4, -0.2) is 34.0 Å². The molecule has 0 radical (unpaired) electrons. The van der Waals surface area contributed by atoms with Gasteiger partial charge in [-0.1, -0.05) is 43.7 Å². The summed E-state index contributed by atoms with van der Waals surface area (Å²) in [7, 11) is -3.97. The summed E-state index contributed by atoms with van der Waals surface area (Å²) >= 11 is 0. The molecule has 0 saturated carbocycles. The van der Waals surface area contributed by atoms with Crippen LogP contribution in [0.4, 0.5) is 10.1 Å². The number of anilines is 1. The Kier molecular flexibility index (Phi) is 6.65. The molecule has 6 nitrogen and oxygen atoms in total. The lowest BCUT2D eigenvalue weighted by molar-refractivity contribution is -0.119. The summed E-state index contributed by atoms with van der Waals surface area (Å²) in [5, 5.41) is 2.69. The number of carbonyl (C=O) groups excluding carboxylic acids is 1. The first kappa shape index (κ1) is 22.8. The highest BCUT2D eigenvalue weighted by atomic mass is 32.2. The fourth-order valence-electron chi connectivity index (χ4n) is 3.86. The second-order valence-corrected chi connectivity index (χ2v) is 9.59. The zero-order valence-corrected chi connectivity index (χ0v) is 19.1. The van der Waals surface area contributed by atoms with Gasteiger partial charge in [0.1, 0.15) is 24.7 Å². The van der Waals surface area contributed by atoms with Crippen molar-refractivity contribution in [3.63, 3.8) is 0 Å². The Hall–Kier alpha value is -3.39. The average molecular weight is 469 g/mol. The Bertz CT molecular complexity index is 1260. The number of ether oxygens (including phenoxy) is 1. The molecule has 0 spiro atoms. The van der Waals surface area contributed by atoms with E-state index < -0.39 is 28.3 Å². The number of nitrogens with one attached hydrogen (secondary N) is 1. The van der Waals surface area contributed by atoms with Crippen LogP contribution in [0.3, 0.4) is 0 Å². The van der Waals surface area contributed by atoms with Gasteiger partial charge in [-0.3, -0.25) is 9.10 Å². The van der Waals surface area contributed by atoms with Crippen LogP contribution in [0.5, 0.6) is 5.75 Å². The Balaban J connectivity index is 1.41. The number of sulfonamides is 1. The predicted octanol–water partition coefficient (Wildman–Crippen LogP) is 4.15. The molecule has 0 atom stereocenters. The molecule has 0 unspecified atom stereocenters. The van der Waals surface area contributed by atoms with E-state index in [0.717, 1.165) is 17.1 Å². The van der Waals surface area contributed by atoms with Crippen LogP contribution in [-0.2, 0) is 21.2 Å². The second-order valence-electron chi connectivity index (χ2n) is 7.76. The Morgan fingerprint density at radius 1 is 1.03 bits per heavy atom. The molecule has 0 saturated heterocycles. The highest BCUT2D eigenvalue weighted by Gasteiger charge is 2.35. The highest BCUT2D eigenvalue weighted by Crippen LogP contribution is 2.42. The van der Waals surface area contributed by atoms with Crippen LogP contribution in [0.2, 0.25) is 0 Å². The van der Waals surface area contributed by atoms with Gasteiger partial charge in [0.2, 0.25) is 5.91 Å². The Morgan fingerprint density at radius 3 is 2.55 bits per heavy atom. The molecule has 0 bridgehead atoms. The molecular formula is C25H25FN2O4S. The van der Waals surface area contributed by atoms with Crippen molar-refractivity contribution in [3.05, 3.63) is 78.1 Å². The molecule has 4 rings (SSSR count). The largest absolute Gasteiger partial charge is 0.492 e. The summed E-state index contributed by atoms with van der Waals surface area (Å²) in [6, 6.07) is 18.1. The van der Waals surface area contributed by atoms with Crippen molar-refractivity contribution in [3.8, 4) is 16.9 Å². The molecule has 172 valence electrons. The van der Waals surface area contributed by atoms with Crippen molar-refractivity contribution in [2.75, 3.05) is 24.0 Å². The molecular weight excluding hydrogens is 443 g/mol. The van der Waals surface area contributed by atoms with E-state index in [1.165, 1.54) is 29.8 Å². The maximum Gasteiger partial charge on any atom is 0.265 e. The summed E-state index contributed by atoms with van der Waals surface area (Å²) < 4.78 is 47.0.